The molecule has 1 unspecified atom stereocenters. The van der Waals surface area contributed by atoms with Gasteiger partial charge in [0.05, 0.1) is 21.3 Å². The topological polar surface area (TPSA) is 85.3 Å². The van der Waals surface area contributed by atoms with E-state index < -0.39 is 11.4 Å². The van der Waals surface area contributed by atoms with E-state index in [0.29, 0.717) is 17.9 Å². The van der Waals surface area contributed by atoms with E-state index in [1.54, 1.807) is 12.1 Å². The summed E-state index contributed by atoms with van der Waals surface area (Å²) in [6, 6.07) is 1.89. The SMILES string of the molecule is COC(=O)/C=C/c1cc(OC)c(O)c2c1C[C@H]1C3C=C(OC)C(=O)C[C@@]23CCN1C. The first-order chi connectivity index (χ1) is 14.4. The fourth-order valence-corrected chi connectivity index (χ4v) is 5.50. The zero-order valence-electron chi connectivity index (χ0n) is 17.7. The molecule has 4 rings (SSSR count). The number of piperidine rings is 1. The molecule has 3 atom stereocenters. The number of aromatic hydroxyl groups is 1. The molecule has 1 N–H and O–H groups in total. The lowest BCUT2D eigenvalue weighted by atomic mass is 9.53. The van der Waals surface area contributed by atoms with Crippen LogP contribution in [-0.4, -0.2) is 62.7 Å². The Morgan fingerprint density at radius 2 is 2.07 bits per heavy atom. The molecule has 1 aliphatic heterocycles. The molecule has 1 aromatic carbocycles. The second-order valence-corrected chi connectivity index (χ2v) is 8.25. The van der Waals surface area contributed by atoms with Crippen LogP contribution in [0.25, 0.3) is 6.08 Å². The van der Waals surface area contributed by atoms with Crippen LogP contribution >= 0.6 is 0 Å². The van der Waals surface area contributed by atoms with Crippen LogP contribution in [0.4, 0.5) is 0 Å². The molecule has 2 bridgehead atoms. The molecule has 3 aliphatic rings. The Hall–Kier alpha value is -2.80. The molecule has 7 heteroatoms. The van der Waals surface area contributed by atoms with Gasteiger partial charge in [0, 0.05) is 35.4 Å². The van der Waals surface area contributed by atoms with Gasteiger partial charge >= 0.3 is 5.97 Å². The van der Waals surface area contributed by atoms with Gasteiger partial charge in [0.15, 0.2) is 23.0 Å². The van der Waals surface area contributed by atoms with Crippen LogP contribution in [0.15, 0.2) is 24.0 Å². The third-order valence-corrected chi connectivity index (χ3v) is 6.97. The molecular formula is C23H27NO6. The van der Waals surface area contributed by atoms with E-state index in [9.17, 15) is 14.7 Å². The minimum absolute atomic E-state index is 0.0341. The minimum Gasteiger partial charge on any atom is -0.504 e. The molecule has 0 saturated carbocycles. The van der Waals surface area contributed by atoms with Gasteiger partial charge in [-0.25, -0.2) is 4.79 Å². The van der Waals surface area contributed by atoms with Gasteiger partial charge in [-0.15, -0.1) is 0 Å². The average Bonchev–Trinajstić information content (AvgIpc) is 2.74. The number of likely N-dealkylation sites (tertiary alicyclic amines) is 1. The molecular weight excluding hydrogens is 386 g/mol. The van der Waals surface area contributed by atoms with Gasteiger partial charge < -0.3 is 24.2 Å². The number of esters is 1. The molecule has 7 nitrogen and oxygen atoms in total. The van der Waals surface area contributed by atoms with Crippen LogP contribution in [0.5, 0.6) is 11.5 Å². The first-order valence-electron chi connectivity index (χ1n) is 10.0. The van der Waals surface area contributed by atoms with Gasteiger partial charge in [-0.2, -0.15) is 0 Å². The van der Waals surface area contributed by atoms with Crippen LogP contribution in [0.3, 0.4) is 0 Å². The van der Waals surface area contributed by atoms with Crippen molar-refractivity contribution in [2.24, 2.45) is 5.92 Å². The van der Waals surface area contributed by atoms with Crippen molar-refractivity contribution >= 4 is 17.8 Å². The smallest absolute Gasteiger partial charge is 0.330 e. The van der Waals surface area contributed by atoms with Gasteiger partial charge in [0.2, 0.25) is 0 Å². The van der Waals surface area contributed by atoms with Crippen LogP contribution in [0.2, 0.25) is 0 Å². The number of fused-ring (bicyclic) bond motifs is 1. The number of benzene rings is 1. The molecule has 0 amide bonds. The fraction of sp³-hybridized carbons (Fsp3) is 0.478. The fourth-order valence-electron chi connectivity index (χ4n) is 5.50. The van der Waals surface area contributed by atoms with Gasteiger partial charge in [0.1, 0.15) is 0 Å². The number of carbonyl (C=O) groups is 2. The summed E-state index contributed by atoms with van der Waals surface area (Å²) in [6.45, 7) is 0.827. The zero-order valence-corrected chi connectivity index (χ0v) is 17.7. The highest BCUT2D eigenvalue weighted by Gasteiger charge is 2.57. The molecule has 1 aromatic rings. The van der Waals surface area contributed by atoms with Crippen molar-refractivity contribution in [3.05, 3.63) is 40.7 Å². The molecule has 0 spiro atoms. The van der Waals surface area contributed by atoms with Gasteiger partial charge in [-0.05, 0) is 55.8 Å². The number of phenolic OH excluding ortho intramolecular Hbond substituents is 1. The summed E-state index contributed by atoms with van der Waals surface area (Å²) in [7, 11) is 6.44. The summed E-state index contributed by atoms with van der Waals surface area (Å²) in [5, 5.41) is 11.2. The van der Waals surface area contributed by atoms with Crippen molar-refractivity contribution in [3.8, 4) is 11.5 Å². The molecule has 30 heavy (non-hydrogen) atoms. The van der Waals surface area contributed by atoms with E-state index in [2.05, 4.69) is 11.9 Å². The Morgan fingerprint density at radius 1 is 1.30 bits per heavy atom. The van der Waals surface area contributed by atoms with Crippen molar-refractivity contribution < 1.29 is 28.9 Å². The van der Waals surface area contributed by atoms with Crippen molar-refractivity contribution in [3.63, 3.8) is 0 Å². The summed E-state index contributed by atoms with van der Waals surface area (Å²) >= 11 is 0. The quantitative estimate of drug-likeness (QED) is 0.598. The Balaban J connectivity index is 1.98. The summed E-state index contributed by atoms with van der Waals surface area (Å²) < 4.78 is 15.5. The van der Waals surface area contributed by atoms with E-state index in [-0.39, 0.29) is 29.9 Å². The normalized spacial score (nSPS) is 27.9. The number of allylic oxidation sites excluding steroid dienone is 1. The number of methoxy groups -OCH3 is 3. The maximum Gasteiger partial charge on any atom is 0.330 e. The number of nitrogens with zero attached hydrogens (tertiary/aromatic N) is 1. The summed E-state index contributed by atoms with van der Waals surface area (Å²) in [5.74, 6) is 0.328. The maximum absolute atomic E-state index is 12.9. The first-order valence-corrected chi connectivity index (χ1v) is 10.0. The predicted octanol–water partition coefficient (Wildman–Crippen LogP) is 2.20. The van der Waals surface area contributed by atoms with Crippen molar-refractivity contribution in [2.45, 2.75) is 30.7 Å². The number of carbonyl (C=O) groups excluding carboxylic acids is 2. The molecule has 2 aliphatic carbocycles. The third kappa shape index (κ3) is 2.91. The van der Waals surface area contributed by atoms with E-state index in [4.69, 9.17) is 14.2 Å². The third-order valence-electron chi connectivity index (χ3n) is 6.97. The lowest BCUT2D eigenvalue weighted by Crippen LogP contribution is -2.60. The lowest BCUT2D eigenvalue weighted by Gasteiger charge is -2.56. The monoisotopic (exact) mass is 413 g/mol. The number of ether oxygens (including phenoxy) is 3. The Bertz CT molecular complexity index is 965. The summed E-state index contributed by atoms with van der Waals surface area (Å²) in [4.78, 5) is 26.9. The lowest BCUT2D eigenvalue weighted by molar-refractivity contribution is -0.134. The van der Waals surface area contributed by atoms with Gasteiger partial charge in [-0.3, -0.25) is 4.79 Å². The highest BCUT2D eigenvalue weighted by Crippen LogP contribution is 2.58. The largest absolute Gasteiger partial charge is 0.504 e. The number of rotatable bonds is 4. The first kappa shape index (κ1) is 20.5. The number of hydrogen-bond acceptors (Lipinski definition) is 7. The highest BCUT2D eigenvalue weighted by atomic mass is 16.5. The molecule has 0 aromatic heterocycles. The summed E-state index contributed by atoms with van der Waals surface area (Å²) in [5.41, 5.74) is 1.97. The summed E-state index contributed by atoms with van der Waals surface area (Å²) in [6.07, 6.45) is 6.69. The Labute approximate surface area is 175 Å². The molecule has 1 fully saturated rings. The molecule has 1 saturated heterocycles. The Morgan fingerprint density at radius 3 is 2.73 bits per heavy atom. The molecule has 160 valence electrons. The van der Waals surface area contributed by atoms with Crippen molar-refractivity contribution in [1.29, 1.82) is 0 Å². The highest BCUT2D eigenvalue weighted by molar-refractivity contribution is 5.96. The zero-order chi connectivity index (χ0) is 21.6. The second kappa shape index (κ2) is 7.47. The van der Waals surface area contributed by atoms with E-state index >= 15 is 0 Å². The second-order valence-electron chi connectivity index (χ2n) is 8.25. The average molecular weight is 413 g/mol. The van der Waals surface area contributed by atoms with Crippen LogP contribution < -0.4 is 4.74 Å². The maximum atomic E-state index is 12.9. The number of ketones is 1. The van der Waals surface area contributed by atoms with E-state index in [1.165, 1.54) is 27.4 Å². The number of hydrogen-bond donors (Lipinski definition) is 1. The van der Waals surface area contributed by atoms with Gasteiger partial charge in [0.25, 0.3) is 0 Å². The minimum atomic E-state index is -0.531. The molecule has 0 radical (unpaired) electrons. The van der Waals surface area contributed by atoms with Crippen LogP contribution in [0, 0.1) is 5.92 Å². The van der Waals surface area contributed by atoms with Crippen molar-refractivity contribution in [2.75, 3.05) is 34.9 Å². The standard InChI is InChI=1S/C23H27NO6/c1-24-8-7-23-12-17(25)18(28-2)11-15(23)16(24)10-14-13(5-6-20(26)30-4)9-19(29-3)22(27)21(14)23/h5-6,9,11,15-16,27H,7-8,10,12H2,1-4H3/b6-5+/t15?,16-,23+/m0/s1. The van der Waals surface area contributed by atoms with Crippen LogP contribution in [-0.2, 0) is 30.9 Å². The predicted molar refractivity (Wildman–Crippen MR) is 110 cm³/mol. The van der Waals surface area contributed by atoms with Crippen molar-refractivity contribution in [1.82, 2.24) is 4.90 Å². The van der Waals surface area contributed by atoms with E-state index in [0.717, 1.165) is 29.7 Å². The Kier molecular flexibility index (Phi) is 5.10. The number of Topliss-reactive ketones (excluding diaryl/α,β-unsaturated/α-hetero) is 1. The number of phenols is 1. The van der Waals surface area contributed by atoms with Crippen LogP contribution in [0.1, 0.15) is 29.5 Å². The van der Waals surface area contributed by atoms with E-state index in [1.807, 2.05) is 6.08 Å². The number of likely N-dealkylation sites (N-methyl/N-ethyl adjacent to an activating group) is 1. The molecule has 1 heterocycles. The van der Waals surface area contributed by atoms with Gasteiger partial charge in [-0.1, -0.05) is 0 Å².